The standard InChI is InChI=1S/C22H25N5/c1-4-12-26-15-19(18-8-6-5-7-9-18)23-21(26)11-10-20-24-22-14-16(2)13-17(3)27(22)25-20/h5-9,13-15H,4,10-12H2,1-3H3. The number of hydrogen-bond donors (Lipinski definition) is 0. The number of rotatable bonds is 6. The summed E-state index contributed by atoms with van der Waals surface area (Å²) in [5.41, 5.74) is 5.44. The van der Waals surface area contributed by atoms with E-state index in [0.717, 1.165) is 60.1 Å². The molecule has 0 aliphatic heterocycles. The van der Waals surface area contributed by atoms with E-state index >= 15 is 0 Å². The molecule has 0 radical (unpaired) electrons. The van der Waals surface area contributed by atoms with Crippen molar-refractivity contribution in [2.24, 2.45) is 0 Å². The van der Waals surface area contributed by atoms with E-state index in [1.54, 1.807) is 0 Å². The molecule has 4 aromatic rings. The molecule has 0 spiro atoms. The molecular formula is C22H25N5. The number of benzene rings is 1. The second-order valence-corrected chi connectivity index (χ2v) is 7.07. The summed E-state index contributed by atoms with van der Waals surface area (Å²) < 4.78 is 4.20. The predicted octanol–water partition coefficient (Wildman–Crippen LogP) is 4.40. The number of imidazole rings is 1. The first-order valence-electron chi connectivity index (χ1n) is 9.58. The Kier molecular flexibility index (Phi) is 4.75. The molecular weight excluding hydrogens is 334 g/mol. The van der Waals surface area contributed by atoms with Crippen LogP contribution in [-0.2, 0) is 19.4 Å². The second-order valence-electron chi connectivity index (χ2n) is 7.07. The lowest BCUT2D eigenvalue weighted by atomic mass is 10.2. The van der Waals surface area contributed by atoms with Crippen LogP contribution in [0.2, 0.25) is 0 Å². The van der Waals surface area contributed by atoms with Gasteiger partial charge in [0.2, 0.25) is 0 Å². The highest BCUT2D eigenvalue weighted by Crippen LogP contribution is 2.19. The molecule has 0 aliphatic rings. The van der Waals surface area contributed by atoms with Crippen molar-refractivity contribution in [1.82, 2.24) is 24.1 Å². The normalized spacial score (nSPS) is 11.4. The van der Waals surface area contributed by atoms with Gasteiger partial charge in [-0.15, -0.1) is 0 Å². The SMILES string of the molecule is CCCn1cc(-c2ccccc2)nc1CCc1nc2cc(C)cc(C)n2n1. The van der Waals surface area contributed by atoms with Gasteiger partial charge in [0.1, 0.15) is 5.82 Å². The van der Waals surface area contributed by atoms with Crippen LogP contribution < -0.4 is 0 Å². The Bertz CT molecular complexity index is 1060. The van der Waals surface area contributed by atoms with E-state index in [4.69, 9.17) is 9.97 Å². The summed E-state index contributed by atoms with van der Waals surface area (Å²) in [6.07, 6.45) is 4.87. The topological polar surface area (TPSA) is 48.0 Å². The Morgan fingerprint density at radius 1 is 0.963 bits per heavy atom. The maximum absolute atomic E-state index is 4.90. The smallest absolute Gasteiger partial charge is 0.156 e. The van der Waals surface area contributed by atoms with E-state index in [1.807, 2.05) is 10.6 Å². The maximum atomic E-state index is 4.90. The molecule has 0 saturated heterocycles. The maximum Gasteiger partial charge on any atom is 0.156 e. The fourth-order valence-electron chi connectivity index (χ4n) is 3.52. The van der Waals surface area contributed by atoms with Crippen molar-refractivity contribution in [2.45, 2.75) is 46.6 Å². The van der Waals surface area contributed by atoms with E-state index in [9.17, 15) is 0 Å². The quantitative estimate of drug-likeness (QED) is 0.512. The molecule has 0 N–H and O–H groups in total. The van der Waals surface area contributed by atoms with Gasteiger partial charge in [-0.25, -0.2) is 14.5 Å². The summed E-state index contributed by atoms with van der Waals surface area (Å²) in [5, 5.41) is 4.68. The minimum absolute atomic E-state index is 0.787. The van der Waals surface area contributed by atoms with Crippen molar-refractivity contribution in [3.8, 4) is 11.3 Å². The first-order valence-corrected chi connectivity index (χ1v) is 9.58. The van der Waals surface area contributed by atoms with Crippen LogP contribution in [-0.4, -0.2) is 24.1 Å². The molecule has 0 fully saturated rings. The third-order valence-electron chi connectivity index (χ3n) is 4.77. The number of aromatic nitrogens is 5. The van der Waals surface area contributed by atoms with Gasteiger partial charge in [-0.1, -0.05) is 37.3 Å². The largest absolute Gasteiger partial charge is 0.334 e. The van der Waals surface area contributed by atoms with Crippen LogP contribution in [0.3, 0.4) is 0 Å². The molecule has 0 bridgehead atoms. The van der Waals surface area contributed by atoms with Crippen molar-refractivity contribution in [1.29, 1.82) is 0 Å². The van der Waals surface area contributed by atoms with Crippen LogP contribution in [0.5, 0.6) is 0 Å². The van der Waals surface area contributed by atoms with Crippen LogP contribution >= 0.6 is 0 Å². The van der Waals surface area contributed by atoms with E-state index < -0.39 is 0 Å². The van der Waals surface area contributed by atoms with Gasteiger partial charge >= 0.3 is 0 Å². The molecule has 0 aliphatic carbocycles. The average molecular weight is 359 g/mol. The zero-order chi connectivity index (χ0) is 18.8. The molecule has 27 heavy (non-hydrogen) atoms. The van der Waals surface area contributed by atoms with Gasteiger partial charge in [0.05, 0.1) is 5.69 Å². The van der Waals surface area contributed by atoms with Gasteiger partial charge in [0, 0.05) is 36.8 Å². The minimum atomic E-state index is 0.787. The second kappa shape index (κ2) is 7.35. The van der Waals surface area contributed by atoms with E-state index in [0.29, 0.717) is 0 Å². The summed E-state index contributed by atoms with van der Waals surface area (Å²) in [6, 6.07) is 14.6. The van der Waals surface area contributed by atoms with Gasteiger partial charge in [-0.2, -0.15) is 5.10 Å². The van der Waals surface area contributed by atoms with Crippen LogP contribution in [0.1, 0.15) is 36.3 Å². The summed E-state index contributed by atoms with van der Waals surface area (Å²) in [5.74, 6) is 1.97. The number of fused-ring (bicyclic) bond motifs is 1. The Balaban J connectivity index is 1.59. The highest BCUT2D eigenvalue weighted by Gasteiger charge is 2.12. The molecule has 3 aromatic heterocycles. The molecule has 0 amide bonds. The highest BCUT2D eigenvalue weighted by molar-refractivity contribution is 5.58. The van der Waals surface area contributed by atoms with E-state index in [2.05, 4.69) is 73.0 Å². The predicted molar refractivity (Wildman–Crippen MR) is 108 cm³/mol. The summed E-state index contributed by atoms with van der Waals surface area (Å²) in [4.78, 5) is 9.61. The monoisotopic (exact) mass is 359 g/mol. The van der Waals surface area contributed by atoms with Gasteiger partial charge < -0.3 is 4.57 Å². The molecule has 0 saturated carbocycles. The zero-order valence-corrected chi connectivity index (χ0v) is 16.2. The first-order chi connectivity index (χ1) is 13.1. The van der Waals surface area contributed by atoms with E-state index in [-0.39, 0.29) is 0 Å². The Morgan fingerprint density at radius 2 is 1.78 bits per heavy atom. The molecule has 0 atom stereocenters. The number of hydrogen-bond acceptors (Lipinski definition) is 3. The third-order valence-corrected chi connectivity index (χ3v) is 4.77. The van der Waals surface area contributed by atoms with Gasteiger partial charge in [-0.05, 0) is 38.0 Å². The van der Waals surface area contributed by atoms with Crippen molar-refractivity contribution in [3.63, 3.8) is 0 Å². The summed E-state index contributed by atoms with van der Waals surface area (Å²) >= 11 is 0. The number of aryl methyl sites for hydroxylation is 5. The third kappa shape index (κ3) is 3.63. The highest BCUT2D eigenvalue weighted by atomic mass is 15.3. The molecule has 5 heteroatoms. The molecule has 1 aromatic carbocycles. The Morgan fingerprint density at radius 3 is 2.56 bits per heavy atom. The van der Waals surface area contributed by atoms with Crippen molar-refractivity contribution in [3.05, 3.63) is 71.6 Å². The fraction of sp³-hybridized carbons (Fsp3) is 0.318. The number of pyridine rings is 1. The summed E-state index contributed by atoms with van der Waals surface area (Å²) in [6.45, 7) is 7.33. The molecule has 0 unspecified atom stereocenters. The van der Waals surface area contributed by atoms with Crippen LogP contribution in [0, 0.1) is 13.8 Å². The molecule has 4 rings (SSSR count). The fourth-order valence-corrected chi connectivity index (χ4v) is 3.52. The molecule has 5 nitrogen and oxygen atoms in total. The van der Waals surface area contributed by atoms with Crippen LogP contribution in [0.25, 0.3) is 16.9 Å². The first kappa shape index (κ1) is 17.5. The zero-order valence-electron chi connectivity index (χ0n) is 16.2. The minimum Gasteiger partial charge on any atom is -0.334 e. The van der Waals surface area contributed by atoms with Gasteiger partial charge in [0.15, 0.2) is 11.5 Å². The van der Waals surface area contributed by atoms with Crippen LogP contribution in [0.15, 0.2) is 48.7 Å². The Hall–Kier alpha value is -2.95. The van der Waals surface area contributed by atoms with Gasteiger partial charge in [0.25, 0.3) is 0 Å². The lowest BCUT2D eigenvalue weighted by Gasteiger charge is -2.04. The lowest BCUT2D eigenvalue weighted by Crippen LogP contribution is -2.05. The van der Waals surface area contributed by atoms with E-state index in [1.165, 1.54) is 5.56 Å². The summed E-state index contributed by atoms with van der Waals surface area (Å²) in [7, 11) is 0. The number of nitrogens with zero attached hydrogens (tertiary/aromatic N) is 5. The van der Waals surface area contributed by atoms with Gasteiger partial charge in [-0.3, -0.25) is 0 Å². The molecule has 3 heterocycles. The lowest BCUT2D eigenvalue weighted by molar-refractivity contribution is 0.629. The van der Waals surface area contributed by atoms with Crippen molar-refractivity contribution < 1.29 is 0 Å². The van der Waals surface area contributed by atoms with Crippen molar-refractivity contribution >= 4 is 5.65 Å². The Labute approximate surface area is 159 Å². The van der Waals surface area contributed by atoms with Crippen molar-refractivity contribution in [2.75, 3.05) is 0 Å². The average Bonchev–Trinajstić information content (AvgIpc) is 3.25. The molecule has 138 valence electrons. The van der Waals surface area contributed by atoms with Crippen LogP contribution in [0.4, 0.5) is 0 Å².